The van der Waals surface area contributed by atoms with Gasteiger partial charge in [-0.3, -0.25) is 0 Å². The van der Waals surface area contributed by atoms with E-state index < -0.39 is 11.9 Å². The second-order valence-electron chi connectivity index (χ2n) is 10.1. The molecule has 5 heteroatoms. The summed E-state index contributed by atoms with van der Waals surface area (Å²) in [5, 5.41) is 18.3. The fourth-order valence-electron chi connectivity index (χ4n) is 4.30. The van der Waals surface area contributed by atoms with Crippen molar-refractivity contribution in [3.63, 3.8) is 0 Å². The van der Waals surface area contributed by atoms with Crippen LogP contribution in [0, 0.1) is 47.4 Å². The van der Waals surface area contributed by atoms with Gasteiger partial charge in [0.25, 0.3) is 0 Å². The molecule has 47 heavy (non-hydrogen) atoms. The van der Waals surface area contributed by atoms with Crippen LogP contribution in [0.25, 0.3) is 0 Å². The van der Waals surface area contributed by atoms with E-state index in [1.54, 1.807) is 36.4 Å². The summed E-state index contributed by atoms with van der Waals surface area (Å²) in [5.41, 5.74) is 6.40. The standard InChI is InChI=1S/C42H26O5/c1-2-47-40-28-36(23-19-32-13-9-30(10-14-32)17-21-34-5-3-7-38(26-34)41(43)44)25-37(29-40)24-20-33-15-11-31(12-16-33)18-22-35-6-4-8-39(27-35)42(45)46/h3-16,25-29H,2H2,1H3,(H,43,44)(H,45,46). The maximum absolute atomic E-state index is 11.2. The van der Waals surface area contributed by atoms with Crippen LogP contribution >= 0.6 is 0 Å². The van der Waals surface area contributed by atoms with Crippen LogP contribution in [0.5, 0.6) is 5.75 Å². The molecule has 5 aromatic carbocycles. The van der Waals surface area contributed by atoms with Crippen LogP contribution in [0.3, 0.4) is 0 Å². The van der Waals surface area contributed by atoms with E-state index >= 15 is 0 Å². The van der Waals surface area contributed by atoms with Crippen molar-refractivity contribution in [1.29, 1.82) is 0 Å². The number of carbonyl (C=O) groups is 2. The molecular weight excluding hydrogens is 584 g/mol. The fraction of sp³-hybridized carbons (Fsp3) is 0.0476. The quantitative estimate of drug-likeness (QED) is 0.213. The summed E-state index contributed by atoms with van der Waals surface area (Å²) < 4.78 is 5.76. The van der Waals surface area contributed by atoms with Crippen molar-refractivity contribution in [2.45, 2.75) is 6.92 Å². The monoisotopic (exact) mass is 610 g/mol. The molecule has 0 unspecified atom stereocenters. The number of hydrogen-bond donors (Lipinski definition) is 2. The molecule has 0 aliphatic rings. The van der Waals surface area contributed by atoms with Gasteiger partial charge in [0, 0.05) is 44.5 Å². The molecule has 2 N–H and O–H groups in total. The van der Waals surface area contributed by atoms with Gasteiger partial charge >= 0.3 is 11.9 Å². The van der Waals surface area contributed by atoms with E-state index in [0.717, 1.165) is 33.4 Å². The molecule has 5 aromatic rings. The summed E-state index contributed by atoms with van der Waals surface area (Å²) in [6.07, 6.45) is 0. The van der Waals surface area contributed by atoms with Gasteiger partial charge in [0.2, 0.25) is 0 Å². The Morgan fingerprint density at radius 3 is 1.15 bits per heavy atom. The highest BCUT2D eigenvalue weighted by molar-refractivity contribution is 5.88. The largest absolute Gasteiger partial charge is 0.494 e. The topological polar surface area (TPSA) is 83.8 Å². The minimum absolute atomic E-state index is 0.199. The van der Waals surface area contributed by atoms with Crippen LogP contribution in [-0.4, -0.2) is 28.8 Å². The third kappa shape index (κ3) is 9.28. The van der Waals surface area contributed by atoms with Gasteiger partial charge in [-0.15, -0.1) is 0 Å². The van der Waals surface area contributed by atoms with Gasteiger partial charge in [-0.05, 0) is 110 Å². The first kappa shape index (κ1) is 31.5. The summed E-state index contributed by atoms with van der Waals surface area (Å²) in [4.78, 5) is 22.4. The lowest BCUT2D eigenvalue weighted by Gasteiger charge is -2.04. The van der Waals surface area contributed by atoms with Crippen molar-refractivity contribution in [2.75, 3.05) is 6.61 Å². The summed E-state index contributed by atoms with van der Waals surface area (Å²) in [7, 11) is 0. The Hall–Kier alpha value is -6.92. The van der Waals surface area contributed by atoms with Gasteiger partial charge in [-0.1, -0.05) is 59.5 Å². The average Bonchev–Trinajstić information content (AvgIpc) is 3.09. The number of aromatic carboxylic acids is 2. The highest BCUT2D eigenvalue weighted by Crippen LogP contribution is 2.17. The normalized spacial score (nSPS) is 9.55. The van der Waals surface area contributed by atoms with E-state index in [0.29, 0.717) is 23.5 Å². The van der Waals surface area contributed by atoms with Crippen molar-refractivity contribution in [1.82, 2.24) is 0 Å². The predicted molar refractivity (Wildman–Crippen MR) is 181 cm³/mol. The Morgan fingerprint density at radius 1 is 0.468 bits per heavy atom. The molecule has 0 fully saturated rings. The van der Waals surface area contributed by atoms with Gasteiger partial charge in [-0.2, -0.15) is 0 Å². The van der Waals surface area contributed by atoms with Gasteiger partial charge in [-0.25, -0.2) is 9.59 Å². The van der Waals surface area contributed by atoms with Crippen molar-refractivity contribution in [2.24, 2.45) is 0 Å². The van der Waals surface area contributed by atoms with Crippen LogP contribution in [0.15, 0.2) is 115 Å². The zero-order chi connectivity index (χ0) is 33.0. The van der Waals surface area contributed by atoms with Crippen molar-refractivity contribution >= 4 is 11.9 Å². The number of ether oxygens (including phenoxy) is 1. The lowest BCUT2D eigenvalue weighted by atomic mass is 10.1. The molecular formula is C42H26O5. The van der Waals surface area contributed by atoms with Crippen LogP contribution < -0.4 is 4.74 Å². The molecule has 0 amide bonds. The Labute approximate surface area is 273 Å². The molecule has 0 bridgehead atoms. The number of benzene rings is 5. The highest BCUT2D eigenvalue weighted by atomic mass is 16.5. The second kappa shape index (κ2) is 15.2. The van der Waals surface area contributed by atoms with Crippen LogP contribution in [0.2, 0.25) is 0 Å². The third-order valence-corrected chi connectivity index (χ3v) is 6.61. The molecule has 0 aromatic heterocycles. The second-order valence-corrected chi connectivity index (χ2v) is 10.1. The Kier molecular flexibility index (Phi) is 10.2. The van der Waals surface area contributed by atoms with Crippen LogP contribution in [-0.2, 0) is 0 Å². The molecule has 0 saturated heterocycles. The molecule has 0 heterocycles. The van der Waals surface area contributed by atoms with E-state index in [1.807, 2.05) is 73.7 Å². The fourth-order valence-corrected chi connectivity index (χ4v) is 4.30. The van der Waals surface area contributed by atoms with E-state index in [-0.39, 0.29) is 11.1 Å². The molecule has 0 spiro atoms. The zero-order valence-electron chi connectivity index (χ0n) is 25.3. The lowest BCUT2D eigenvalue weighted by Crippen LogP contribution is -1.95. The predicted octanol–water partition coefficient (Wildman–Crippen LogP) is 7.08. The van der Waals surface area contributed by atoms with Gasteiger partial charge in [0.1, 0.15) is 5.75 Å². The van der Waals surface area contributed by atoms with Crippen molar-refractivity contribution in [3.8, 4) is 53.1 Å². The first-order valence-corrected chi connectivity index (χ1v) is 14.6. The summed E-state index contributed by atoms with van der Waals surface area (Å²) in [5.74, 6) is 23.6. The average molecular weight is 611 g/mol. The minimum Gasteiger partial charge on any atom is -0.494 e. The molecule has 5 rings (SSSR count). The summed E-state index contributed by atoms with van der Waals surface area (Å²) >= 11 is 0. The van der Waals surface area contributed by atoms with E-state index in [4.69, 9.17) is 14.9 Å². The lowest BCUT2D eigenvalue weighted by molar-refractivity contribution is 0.0686. The molecule has 0 atom stereocenters. The SMILES string of the molecule is CCOc1cc(C#Cc2ccc(C#Cc3cccc(C(=O)O)c3)cc2)cc(C#Cc2ccc(C#Cc3cccc(C(=O)O)c3)cc2)c1. The van der Waals surface area contributed by atoms with Crippen LogP contribution in [0.4, 0.5) is 0 Å². The Balaban J connectivity index is 1.29. The summed E-state index contributed by atoms with van der Waals surface area (Å²) in [6, 6.07) is 33.8. The Morgan fingerprint density at radius 2 is 0.809 bits per heavy atom. The van der Waals surface area contributed by atoms with Gasteiger partial charge in [0.05, 0.1) is 17.7 Å². The molecule has 0 radical (unpaired) electrons. The van der Waals surface area contributed by atoms with Gasteiger partial charge in [0.15, 0.2) is 0 Å². The van der Waals surface area contributed by atoms with E-state index in [1.165, 1.54) is 12.1 Å². The molecule has 0 saturated carbocycles. The Bertz CT molecular complexity index is 2060. The first-order chi connectivity index (χ1) is 22.8. The molecule has 5 nitrogen and oxygen atoms in total. The molecule has 0 aliphatic carbocycles. The summed E-state index contributed by atoms with van der Waals surface area (Å²) in [6.45, 7) is 2.43. The zero-order valence-corrected chi connectivity index (χ0v) is 25.3. The van der Waals surface area contributed by atoms with Crippen LogP contribution in [0.1, 0.15) is 72.1 Å². The highest BCUT2D eigenvalue weighted by Gasteiger charge is 2.03. The number of rotatable bonds is 4. The van der Waals surface area contributed by atoms with E-state index in [9.17, 15) is 9.59 Å². The van der Waals surface area contributed by atoms with E-state index in [2.05, 4.69) is 47.4 Å². The van der Waals surface area contributed by atoms with Crippen molar-refractivity contribution < 1.29 is 24.5 Å². The first-order valence-electron chi connectivity index (χ1n) is 14.6. The maximum Gasteiger partial charge on any atom is 0.335 e. The number of carboxylic acid groups (broad SMARTS) is 2. The molecule has 0 aliphatic heterocycles. The van der Waals surface area contributed by atoms with Crippen molar-refractivity contribution in [3.05, 3.63) is 171 Å². The van der Waals surface area contributed by atoms with Gasteiger partial charge < -0.3 is 14.9 Å². The number of hydrogen-bond acceptors (Lipinski definition) is 3. The smallest absolute Gasteiger partial charge is 0.335 e. The molecule has 224 valence electrons. The number of carboxylic acids is 2. The maximum atomic E-state index is 11.2. The minimum atomic E-state index is -0.986. The third-order valence-electron chi connectivity index (χ3n) is 6.61.